The van der Waals surface area contributed by atoms with Crippen LogP contribution in [0.15, 0.2) is 29.2 Å². The number of carboxylic acids is 1. The highest BCUT2D eigenvalue weighted by molar-refractivity contribution is 7.85. The molecule has 6 heteroatoms. The van der Waals surface area contributed by atoms with Gasteiger partial charge in [-0.15, -0.1) is 0 Å². The van der Waals surface area contributed by atoms with Crippen molar-refractivity contribution in [2.75, 3.05) is 18.8 Å². The number of rotatable bonds is 4. The maximum absolute atomic E-state index is 12.0. The molecular formula is C13H15NO4S. The van der Waals surface area contributed by atoms with E-state index in [0.717, 1.165) is 25.9 Å². The summed E-state index contributed by atoms with van der Waals surface area (Å²) in [5.41, 5.74) is 0.145. The minimum absolute atomic E-state index is 0.0353. The topological polar surface area (TPSA) is 74.7 Å². The molecule has 1 fully saturated rings. The summed E-state index contributed by atoms with van der Waals surface area (Å²) in [5, 5.41) is 8.77. The standard InChI is InChI=1S/C13H15NO4S/c15-12(14-7-1-2-8-14)9-19(18)11-5-3-10(4-6-11)13(16)17/h3-6H,1-2,7-9H2,(H,16,17). The molecule has 0 spiro atoms. The Kier molecular flexibility index (Phi) is 4.31. The van der Waals surface area contributed by atoms with Gasteiger partial charge < -0.3 is 10.0 Å². The zero-order valence-corrected chi connectivity index (χ0v) is 11.2. The number of aromatic carboxylic acids is 1. The monoisotopic (exact) mass is 281 g/mol. The smallest absolute Gasteiger partial charge is 0.335 e. The lowest BCUT2D eigenvalue weighted by molar-refractivity contribution is -0.127. The molecule has 1 saturated heterocycles. The van der Waals surface area contributed by atoms with Crippen molar-refractivity contribution in [2.45, 2.75) is 17.7 Å². The molecular weight excluding hydrogens is 266 g/mol. The Labute approximate surface area is 113 Å². The first-order valence-corrected chi connectivity index (χ1v) is 7.39. The predicted octanol–water partition coefficient (Wildman–Crippen LogP) is 1.11. The Bertz CT molecular complexity index is 506. The second-order valence-electron chi connectivity index (χ2n) is 4.41. The molecule has 0 bridgehead atoms. The van der Waals surface area contributed by atoms with E-state index in [4.69, 9.17) is 5.11 Å². The zero-order valence-electron chi connectivity index (χ0n) is 10.4. The number of hydrogen-bond acceptors (Lipinski definition) is 3. The average Bonchev–Trinajstić information content (AvgIpc) is 2.92. The molecule has 5 nitrogen and oxygen atoms in total. The van der Waals surface area contributed by atoms with E-state index in [1.807, 2.05) is 0 Å². The lowest BCUT2D eigenvalue weighted by atomic mass is 10.2. The van der Waals surface area contributed by atoms with E-state index in [9.17, 15) is 13.8 Å². The number of hydrogen-bond donors (Lipinski definition) is 1. The molecule has 0 aliphatic carbocycles. The first-order chi connectivity index (χ1) is 9.08. The molecule has 1 aliphatic heterocycles. The summed E-state index contributed by atoms with van der Waals surface area (Å²) in [6.45, 7) is 1.49. The average molecular weight is 281 g/mol. The van der Waals surface area contributed by atoms with Crippen LogP contribution >= 0.6 is 0 Å². The Morgan fingerprint density at radius 3 is 2.26 bits per heavy atom. The lowest BCUT2D eigenvalue weighted by Crippen LogP contribution is -2.31. The molecule has 1 unspecified atom stereocenters. The number of carboxylic acid groups (broad SMARTS) is 1. The van der Waals surface area contributed by atoms with Gasteiger partial charge in [-0.2, -0.15) is 0 Å². The van der Waals surface area contributed by atoms with Gasteiger partial charge in [-0.05, 0) is 37.1 Å². The van der Waals surface area contributed by atoms with E-state index in [2.05, 4.69) is 0 Å². The van der Waals surface area contributed by atoms with Crippen molar-refractivity contribution in [2.24, 2.45) is 0 Å². The van der Waals surface area contributed by atoms with Gasteiger partial charge in [-0.1, -0.05) is 0 Å². The summed E-state index contributed by atoms with van der Waals surface area (Å²) in [4.78, 5) is 24.7. The van der Waals surface area contributed by atoms with Crippen LogP contribution in [0.25, 0.3) is 0 Å². The fraction of sp³-hybridized carbons (Fsp3) is 0.385. The Morgan fingerprint density at radius 2 is 1.74 bits per heavy atom. The number of likely N-dealkylation sites (tertiary alicyclic amines) is 1. The van der Waals surface area contributed by atoms with Gasteiger partial charge in [0.25, 0.3) is 0 Å². The number of benzene rings is 1. The van der Waals surface area contributed by atoms with E-state index in [1.165, 1.54) is 24.3 Å². The van der Waals surface area contributed by atoms with Gasteiger partial charge in [0.1, 0.15) is 5.75 Å². The lowest BCUT2D eigenvalue weighted by Gasteiger charge is -2.14. The molecule has 1 aliphatic rings. The molecule has 1 N–H and O–H groups in total. The summed E-state index contributed by atoms with van der Waals surface area (Å²) in [6.07, 6.45) is 2.01. The van der Waals surface area contributed by atoms with Crippen molar-refractivity contribution in [1.29, 1.82) is 0 Å². The van der Waals surface area contributed by atoms with Crippen LogP contribution in [-0.4, -0.2) is 44.9 Å². The van der Waals surface area contributed by atoms with Crippen molar-refractivity contribution < 1.29 is 18.9 Å². The highest BCUT2D eigenvalue weighted by Gasteiger charge is 2.20. The third-order valence-electron chi connectivity index (χ3n) is 3.08. The van der Waals surface area contributed by atoms with Crippen LogP contribution in [0.2, 0.25) is 0 Å². The normalized spacial score (nSPS) is 16.3. The molecule has 2 rings (SSSR count). The molecule has 102 valence electrons. The van der Waals surface area contributed by atoms with Crippen molar-refractivity contribution in [3.63, 3.8) is 0 Å². The van der Waals surface area contributed by atoms with Crippen molar-refractivity contribution in [3.05, 3.63) is 29.8 Å². The van der Waals surface area contributed by atoms with Crippen LogP contribution in [0.4, 0.5) is 0 Å². The van der Waals surface area contributed by atoms with Crippen molar-refractivity contribution in [3.8, 4) is 0 Å². The highest BCUT2D eigenvalue weighted by Crippen LogP contribution is 2.12. The van der Waals surface area contributed by atoms with Crippen LogP contribution in [0.5, 0.6) is 0 Å². The fourth-order valence-corrected chi connectivity index (χ4v) is 3.02. The zero-order chi connectivity index (χ0) is 13.8. The number of nitrogens with zero attached hydrogens (tertiary/aromatic N) is 1. The third kappa shape index (κ3) is 3.41. The second kappa shape index (κ2) is 5.97. The van der Waals surface area contributed by atoms with Crippen LogP contribution in [0.1, 0.15) is 23.2 Å². The van der Waals surface area contributed by atoms with Gasteiger partial charge in [-0.3, -0.25) is 9.00 Å². The SMILES string of the molecule is O=C(O)c1ccc(S(=O)CC(=O)N2CCCC2)cc1. The van der Waals surface area contributed by atoms with Crippen LogP contribution in [0, 0.1) is 0 Å². The molecule has 0 saturated carbocycles. The third-order valence-corrected chi connectivity index (χ3v) is 4.38. The Morgan fingerprint density at radius 1 is 1.16 bits per heavy atom. The van der Waals surface area contributed by atoms with E-state index in [0.29, 0.717) is 4.90 Å². The van der Waals surface area contributed by atoms with Gasteiger partial charge in [0.2, 0.25) is 5.91 Å². The molecule has 1 amide bonds. The van der Waals surface area contributed by atoms with Crippen LogP contribution < -0.4 is 0 Å². The first kappa shape index (κ1) is 13.7. The summed E-state index contributed by atoms with van der Waals surface area (Å²) < 4.78 is 12.0. The largest absolute Gasteiger partial charge is 0.478 e. The Hall–Kier alpha value is -1.69. The molecule has 0 aromatic heterocycles. The fourth-order valence-electron chi connectivity index (χ4n) is 2.00. The van der Waals surface area contributed by atoms with Gasteiger partial charge in [0.05, 0.1) is 16.4 Å². The van der Waals surface area contributed by atoms with Crippen molar-refractivity contribution >= 4 is 22.7 Å². The maximum atomic E-state index is 12.0. The molecule has 1 heterocycles. The van der Waals surface area contributed by atoms with Crippen LogP contribution in [0.3, 0.4) is 0 Å². The molecule has 1 aromatic carbocycles. The van der Waals surface area contributed by atoms with Gasteiger partial charge in [0, 0.05) is 18.0 Å². The number of carbonyl (C=O) groups is 2. The molecule has 1 atom stereocenters. The van der Waals surface area contributed by atoms with E-state index >= 15 is 0 Å². The van der Waals surface area contributed by atoms with Gasteiger partial charge >= 0.3 is 5.97 Å². The van der Waals surface area contributed by atoms with Gasteiger partial charge in [0.15, 0.2) is 0 Å². The first-order valence-electron chi connectivity index (χ1n) is 6.07. The second-order valence-corrected chi connectivity index (χ2v) is 5.86. The summed E-state index contributed by atoms with van der Waals surface area (Å²) in [7, 11) is -1.42. The van der Waals surface area contributed by atoms with Crippen LogP contribution in [-0.2, 0) is 15.6 Å². The summed E-state index contributed by atoms with van der Waals surface area (Å²) in [6, 6.07) is 5.79. The highest BCUT2D eigenvalue weighted by atomic mass is 32.2. The minimum Gasteiger partial charge on any atom is -0.478 e. The predicted molar refractivity (Wildman–Crippen MR) is 70.5 cm³/mol. The van der Waals surface area contributed by atoms with E-state index in [-0.39, 0.29) is 17.2 Å². The summed E-state index contributed by atoms with van der Waals surface area (Å²) >= 11 is 0. The molecule has 0 radical (unpaired) electrons. The van der Waals surface area contributed by atoms with E-state index in [1.54, 1.807) is 4.90 Å². The summed E-state index contributed by atoms with van der Waals surface area (Å²) in [5.74, 6) is -1.16. The van der Waals surface area contributed by atoms with E-state index < -0.39 is 16.8 Å². The molecule has 1 aromatic rings. The quantitative estimate of drug-likeness (QED) is 0.897. The van der Waals surface area contributed by atoms with Gasteiger partial charge in [-0.25, -0.2) is 4.79 Å². The minimum atomic E-state index is -1.42. The maximum Gasteiger partial charge on any atom is 0.335 e. The Balaban J connectivity index is 1.99. The number of carbonyl (C=O) groups excluding carboxylic acids is 1. The number of amides is 1. The molecule has 19 heavy (non-hydrogen) atoms. The van der Waals surface area contributed by atoms with Crippen molar-refractivity contribution in [1.82, 2.24) is 4.90 Å².